The summed E-state index contributed by atoms with van der Waals surface area (Å²) < 4.78 is 58.9. The predicted molar refractivity (Wildman–Crippen MR) is 76.9 cm³/mol. The second-order valence-electron chi connectivity index (χ2n) is 4.99. The van der Waals surface area contributed by atoms with Gasteiger partial charge in [-0.3, -0.25) is 0 Å². The molecular formula is C10H18BF3NO3PS. The van der Waals surface area contributed by atoms with Gasteiger partial charge in [0.1, 0.15) is 0 Å². The summed E-state index contributed by atoms with van der Waals surface area (Å²) in [6, 6.07) is 0. The monoisotopic (exact) mass is 331 g/mol. The van der Waals surface area contributed by atoms with Crippen molar-refractivity contribution in [3.63, 3.8) is 0 Å². The first-order valence-electron chi connectivity index (χ1n) is 5.74. The molecule has 0 aromatic carbocycles. The van der Waals surface area contributed by atoms with Crippen molar-refractivity contribution in [1.29, 1.82) is 0 Å². The molecule has 0 N–H and O–H groups in total. The highest BCUT2D eigenvalue weighted by Gasteiger charge is 2.40. The van der Waals surface area contributed by atoms with Crippen molar-refractivity contribution < 1.29 is 26.1 Å². The van der Waals surface area contributed by atoms with Crippen LogP contribution in [-0.4, -0.2) is 56.4 Å². The van der Waals surface area contributed by atoms with Gasteiger partial charge in [-0.2, -0.15) is 13.2 Å². The van der Waals surface area contributed by atoms with Crippen LogP contribution in [0.25, 0.3) is 0 Å². The Labute approximate surface area is 118 Å². The van der Waals surface area contributed by atoms with Crippen molar-refractivity contribution in [3.8, 4) is 0 Å². The molecule has 0 aromatic heterocycles. The summed E-state index contributed by atoms with van der Waals surface area (Å²) in [5, 5.41) is 0. The molecule has 0 amide bonds. The minimum Gasteiger partial charge on any atom is -0.741 e. The van der Waals surface area contributed by atoms with Crippen molar-refractivity contribution in [1.82, 2.24) is 4.81 Å². The van der Waals surface area contributed by atoms with E-state index in [0.717, 1.165) is 6.54 Å². The van der Waals surface area contributed by atoms with Gasteiger partial charge in [0.25, 0.3) is 0 Å². The largest absolute Gasteiger partial charge is 0.741 e. The molecule has 0 aromatic rings. The standard InChI is InChI=1S/C9H18BNP.CHF3O3S/c1-5-11-9-7-6-8-10(11)12(2,3)4;2-1(3,4)8(5,6)7/h6-9H,5H2,1-4H3;(H,5,6,7)/q+1;/p-1. The fourth-order valence-electron chi connectivity index (χ4n) is 1.52. The van der Waals surface area contributed by atoms with E-state index in [2.05, 4.69) is 56.1 Å². The fraction of sp³-hybridized carbons (Fsp3) is 0.600. The highest BCUT2D eigenvalue weighted by Crippen LogP contribution is 2.51. The first kappa shape index (κ1) is 19.5. The van der Waals surface area contributed by atoms with Gasteiger partial charge in [-0.25, -0.2) is 8.42 Å². The lowest BCUT2D eigenvalue weighted by Crippen LogP contribution is -2.36. The Morgan fingerprint density at radius 3 is 1.95 bits per heavy atom. The molecule has 1 heterocycles. The molecule has 116 valence electrons. The summed E-state index contributed by atoms with van der Waals surface area (Å²) in [5.41, 5.74) is -5.65. The smallest absolute Gasteiger partial charge is 0.485 e. The van der Waals surface area contributed by atoms with Gasteiger partial charge in [0, 0.05) is 26.5 Å². The number of hydrogen-bond donors (Lipinski definition) is 0. The lowest BCUT2D eigenvalue weighted by Gasteiger charge is -2.29. The van der Waals surface area contributed by atoms with Crippen LogP contribution in [0, 0.1) is 0 Å². The Balaban J connectivity index is 0.000000396. The van der Waals surface area contributed by atoms with Crippen molar-refractivity contribution in [2.75, 3.05) is 26.5 Å². The third-order valence-electron chi connectivity index (χ3n) is 2.45. The molecule has 0 saturated carbocycles. The third-order valence-corrected chi connectivity index (χ3v) is 5.08. The molecule has 1 aliphatic heterocycles. The van der Waals surface area contributed by atoms with E-state index in [9.17, 15) is 13.2 Å². The topological polar surface area (TPSA) is 60.4 Å². The summed E-state index contributed by atoms with van der Waals surface area (Å²) in [7, 11) is -6.87. The van der Waals surface area contributed by atoms with Crippen molar-refractivity contribution in [2.45, 2.75) is 12.4 Å². The van der Waals surface area contributed by atoms with Gasteiger partial charge in [-0.1, -0.05) is 6.08 Å². The molecular weight excluding hydrogens is 313 g/mol. The van der Waals surface area contributed by atoms with E-state index in [4.69, 9.17) is 13.0 Å². The average molecular weight is 331 g/mol. The zero-order chi connectivity index (χ0) is 16.2. The van der Waals surface area contributed by atoms with Crippen LogP contribution in [0.1, 0.15) is 6.92 Å². The summed E-state index contributed by atoms with van der Waals surface area (Å²) >= 11 is 0. The van der Waals surface area contributed by atoms with Gasteiger partial charge < -0.3 is 9.36 Å². The van der Waals surface area contributed by atoms with Gasteiger partial charge in [-0.05, 0) is 32.3 Å². The Morgan fingerprint density at radius 1 is 1.25 bits per heavy atom. The highest BCUT2D eigenvalue weighted by atomic mass is 32.2. The summed E-state index contributed by atoms with van der Waals surface area (Å²) in [4.78, 5) is 2.42. The lowest BCUT2D eigenvalue weighted by atomic mass is 9.86. The van der Waals surface area contributed by atoms with Crippen molar-refractivity contribution in [3.05, 3.63) is 24.3 Å². The summed E-state index contributed by atoms with van der Waals surface area (Å²) in [5.74, 6) is 2.33. The van der Waals surface area contributed by atoms with Crippen LogP contribution in [0.15, 0.2) is 24.3 Å². The molecule has 0 spiro atoms. The van der Waals surface area contributed by atoms with Gasteiger partial charge in [-0.15, -0.1) is 0 Å². The van der Waals surface area contributed by atoms with Crippen LogP contribution in [0.4, 0.5) is 13.2 Å². The Hall–Kier alpha value is -0.525. The molecule has 20 heavy (non-hydrogen) atoms. The van der Waals surface area contributed by atoms with Crippen LogP contribution in [0.3, 0.4) is 0 Å². The molecule has 0 atom stereocenters. The SMILES string of the molecule is CCN1C=CC=CB1[P+](C)(C)C.O=S(=O)([O-])C(F)(F)F. The number of rotatable bonds is 2. The zero-order valence-electron chi connectivity index (χ0n) is 11.8. The summed E-state index contributed by atoms with van der Waals surface area (Å²) in [6.45, 7) is 11.2. The highest BCUT2D eigenvalue weighted by molar-refractivity contribution is 8.03. The zero-order valence-corrected chi connectivity index (χ0v) is 13.5. The van der Waals surface area contributed by atoms with Gasteiger partial charge in [0.2, 0.25) is 0 Å². The van der Waals surface area contributed by atoms with E-state index >= 15 is 0 Å². The molecule has 0 aliphatic carbocycles. The van der Waals surface area contributed by atoms with Crippen LogP contribution >= 0.6 is 7.14 Å². The van der Waals surface area contributed by atoms with Crippen molar-refractivity contribution >= 4 is 23.8 Å². The number of nitrogens with zero attached hydrogens (tertiary/aromatic N) is 1. The average Bonchev–Trinajstić information content (AvgIpc) is 2.26. The number of alkyl halides is 3. The second-order valence-corrected chi connectivity index (χ2v) is 11.1. The maximum absolute atomic E-state index is 10.7. The Morgan fingerprint density at radius 2 is 1.70 bits per heavy atom. The predicted octanol–water partition coefficient (Wildman–Crippen LogP) is 2.38. The molecule has 0 unspecified atom stereocenters. The fourth-order valence-corrected chi connectivity index (χ4v) is 3.26. The molecule has 0 bridgehead atoms. The number of allylic oxidation sites excluding steroid dienone is 2. The second kappa shape index (κ2) is 6.96. The molecule has 1 aliphatic rings. The molecule has 10 heteroatoms. The van der Waals surface area contributed by atoms with E-state index in [0.29, 0.717) is 6.57 Å². The van der Waals surface area contributed by atoms with Crippen LogP contribution in [-0.2, 0) is 10.1 Å². The third kappa shape index (κ3) is 6.28. The summed E-state index contributed by atoms with van der Waals surface area (Å²) in [6.07, 6.45) is 6.49. The van der Waals surface area contributed by atoms with Gasteiger partial charge >= 0.3 is 12.1 Å². The molecule has 1 rings (SSSR count). The van der Waals surface area contributed by atoms with E-state index in [1.54, 1.807) is 0 Å². The minimum absolute atomic E-state index is 0.660. The van der Waals surface area contributed by atoms with Gasteiger partial charge in [0.15, 0.2) is 10.1 Å². The molecule has 4 nitrogen and oxygen atoms in total. The van der Waals surface area contributed by atoms with E-state index in [1.165, 1.54) is 0 Å². The molecule has 0 radical (unpaired) electrons. The Kier molecular flexibility index (Phi) is 6.78. The van der Waals surface area contributed by atoms with E-state index < -0.39 is 22.8 Å². The minimum atomic E-state index is -6.09. The van der Waals surface area contributed by atoms with Gasteiger partial charge in [0.05, 0.1) is 0 Å². The van der Waals surface area contributed by atoms with Crippen molar-refractivity contribution in [2.24, 2.45) is 0 Å². The molecule has 0 fully saturated rings. The first-order chi connectivity index (χ1) is 8.80. The quantitative estimate of drug-likeness (QED) is 0.337. The van der Waals surface area contributed by atoms with Crippen LogP contribution in [0.5, 0.6) is 0 Å². The van der Waals surface area contributed by atoms with Crippen LogP contribution < -0.4 is 0 Å². The Bertz CT molecular complexity index is 471. The lowest BCUT2D eigenvalue weighted by molar-refractivity contribution is -0.0517. The molecule has 0 saturated heterocycles. The maximum atomic E-state index is 10.7. The maximum Gasteiger partial charge on any atom is 0.485 e. The normalized spacial score (nSPS) is 16.0. The van der Waals surface area contributed by atoms with Crippen LogP contribution in [0.2, 0.25) is 0 Å². The number of halogens is 3. The van der Waals surface area contributed by atoms with E-state index in [1.807, 2.05) is 0 Å². The van der Waals surface area contributed by atoms with E-state index in [-0.39, 0.29) is 0 Å². The number of hydrogen-bond acceptors (Lipinski definition) is 4. The first-order valence-corrected chi connectivity index (χ1v) is 10.4.